The number of ether oxygens (including phenoxy) is 2. The van der Waals surface area contributed by atoms with Gasteiger partial charge in [-0.2, -0.15) is 0 Å². The Hall–Kier alpha value is -2.93. The molecule has 0 aromatic carbocycles. The average Bonchev–Trinajstić information content (AvgIpc) is 3.31. The Bertz CT molecular complexity index is 1080. The van der Waals surface area contributed by atoms with Crippen molar-refractivity contribution in [3.05, 3.63) is 54.1 Å². The summed E-state index contributed by atoms with van der Waals surface area (Å²) in [5, 5.41) is 2.83. The summed E-state index contributed by atoms with van der Waals surface area (Å²) in [7, 11) is 0. The molecule has 1 N–H and O–H groups in total. The first-order chi connectivity index (χ1) is 13.9. The number of nitrogens with zero attached hydrogens (tertiary/aromatic N) is 3. The molecule has 2 bridgehead atoms. The van der Waals surface area contributed by atoms with E-state index in [0.717, 1.165) is 24.2 Å². The first-order valence-electron chi connectivity index (χ1n) is 9.92. The van der Waals surface area contributed by atoms with E-state index in [1.807, 2.05) is 36.6 Å². The Morgan fingerprint density at radius 1 is 1.31 bits per heavy atom. The van der Waals surface area contributed by atoms with Crippen LogP contribution in [0.5, 0.6) is 5.75 Å². The van der Waals surface area contributed by atoms with E-state index >= 15 is 0 Å². The van der Waals surface area contributed by atoms with Gasteiger partial charge in [-0.1, -0.05) is 6.07 Å². The number of anilines is 1. The van der Waals surface area contributed by atoms with Gasteiger partial charge in [-0.25, -0.2) is 9.97 Å². The quantitative estimate of drug-likeness (QED) is 0.718. The monoisotopic (exact) mass is 392 g/mol. The van der Waals surface area contributed by atoms with Crippen LogP contribution in [0.15, 0.2) is 42.9 Å². The predicted molar refractivity (Wildman–Crippen MR) is 108 cm³/mol. The van der Waals surface area contributed by atoms with Crippen LogP contribution in [0.1, 0.15) is 49.7 Å². The molecule has 1 saturated carbocycles. The second kappa shape index (κ2) is 6.29. The molecule has 29 heavy (non-hydrogen) atoms. The molecule has 3 aliphatic rings. The third-order valence-electron chi connectivity index (χ3n) is 5.73. The molecule has 0 atom stereocenters. The summed E-state index contributed by atoms with van der Waals surface area (Å²) >= 11 is 0. The van der Waals surface area contributed by atoms with Crippen LogP contribution in [-0.2, 0) is 10.2 Å². The summed E-state index contributed by atoms with van der Waals surface area (Å²) in [6.45, 7) is 6.73. The molecule has 3 fully saturated rings. The smallest absolute Gasteiger partial charge is 0.262 e. The number of carbonyl (C=O) groups is 1. The number of imidazole rings is 1. The van der Waals surface area contributed by atoms with Crippen molar-refractivity contribution in [3.8, 4) is 5.75 Å². The summed E-state index contributed by atoms with van der Waals surface area (Å²) in [4.78, 5) is 22.0. The minimum absolute atomic E-state index is 0.00375. The van der Waals surface area contributed by atoms with Gasteiger partial charge in [0.1, 0.15) is 17.2 Å². The van der Waals surface area contributed by atoms with E-state index < -0.39 is 0 Å². The molecule has 0 unspecified atom stereocenters. The maximum Gasteiger partial charge on any atom is 0.262 e. The van der Waals surface area contributed by atoms with Crippen LogP contribution in [-0.4, -0.2) is 38.6 Å². The lowest BCUT2D eigenvalue weighted by atomic mass is 9.62. The van der Waals surface area contributed by atoms with E-state index in [4.69, 9.17) is 14.5 Å². The van der Waals surface area contributed by atoms with E-state index in [0.29, 0.717) is 23.7 Å². The highest BCUT2D eigenvalue weighted by Gasteiger charge is 2.61. The Kier molecular flexibility index (Phi) is 3.93. The summed E-state index contributed by atoms with van der Waals surface area (Å²) in [5.74, 6) is 0.738. The van der Waals surface area contributed by atoms with Gasteiger partial charge >= 0.3 is 0 Å². The topological polar surface area (TPSA) is 77.8 Å². The Morgan fingerprint density at radius 2 is 2.14 bits per heavy atom. The zero-order chi connectivity index (χ0) is 20.2. The van der Waals surface area contributed by atoms with Gasteiger partial charge in [-0.3, -0.25) is 4.79 Å². The van der Waals surface area contributed by atoms with E-state index in [9.17, 15) is 4.79 Å². The van der Waals surface area contributed by atoms with Gasteiger partial charge in [0.05, 0.1) is 29.6 Å². The number of hydrogen-bond donors (Lipinski definition) is 1. The molecule has 7 nitrogen and oxygen atoms in total. The largest absolute Gasteiger partial charge is 0.490 e. The zero-order valence-electron chi connectivity index (χ0n) is 16.8. The Balaban J connectivity index is 1.52. The van der Waals surface area contributed by atoms with Crippen LogP contribution in [0.4, 0.5) is 5.82 Å². The molecule has 3 aromatic rings. The predicted octanol–water partition coefficient (Wildman–Crippen LogP) is 3.59. The molecule has 5 heterocycles. The number of rotatable bonds is 5. The first-order valence-corrected chi connectivity index (χ1v) is 9.92. The van der Waals surface area contributed by atoms with Crippen LogP contribution < -0.4 is 10.1 Å². The van der Waals surface area contributed by atoms with Crippen molar-refractivity contribution in [2.75, 3.05) is 11.9 Å². The van der Waals surface area contributed by atoms with E-state index in [2.05, 4.69) is 17.2 Å². The lowest BCUT2D eigenvalue weighted by Crippen LogP contribution is -2.45. The third-order valence-corrected chi connectivity index (χ3v) is 5.73. The second-order valence-corrected chi connectivity index (χ2v) is 8.65. The highest BCUT2D eigenvalue weighted by molar-refractivity contribution is 6.05. The van der Waals surface area contributed by atoms with Crippen LogP contribution in [0.25, 0.3) is 5.65 Å². The number of hydrogen-bond acceptors (Lipinski definition) is 5. The van der Waals surface area contributed by atoms with Crippen LogP contribution in [0.2, 0.25) is 0 Å². The number of nitrogens with one attached hydrogen (secondary N) is 1. The maximum absolute atomic E-state index is 13.0. The highest BCUT2D eigenvalue weighted by atomic mass is 16.5. The number of aromatic nitrogens is 3. The van der Waals surface area contributed by atoms with Crippen molar-refractivity contribution in [2.24, 2.45) is 0 Å². The van der Waals surface area contributed by atoms with E-state index in [1.165, 1.54) is 0 Å². The lowest BCUT2D eigenvalue weighted by molar-refractivity contribution is 0.0154. The molecule has 0 radical (unpaired) electrons. The molecule has 6 rings (SSSR count). The fraction of sp³-hybridized carbons (Fsp3) is 0.409. The van der Waals surface area contributed by atoms with Crippen molar-refractivity contribution in [2.45, 2.75) is 50.7 Å². The molecular formula is C22H24N4O3. The zero-order valence-corrected chi connectivity index (χ0v) is 16.8. The van der Waals surface area contributed by atoms with Crippen molar-refractivity contribution < 1.29 is 14.3 Å². The van der Waals surface area contributed by atoms with E-state index in [1.54, 1.807) is 24.5 Å². The first kappa shape index (κ1) is 18.1. The third kappa shape index (κ3) is 3.06. The van der Waals surface area contributed by atoms with Crippen LogP contribution in [0, 0.1) is 0 Å². The standard InChI is InChI=1S/C22H24N4O3/c1-14(2)29-16-8-19-24-17(22-11-21(3,12-22)28-13-22)10-26(19)9-15(16)20(27)25-18-6-4-5-7-23-18/h4-10,14H,11-13H2,1-3H3,(H,23,25,27). The summed E-state index contributed by atoms with van der Waals surface area (Å²) < 4.78 is 13.8. The van der Waals surface area contributed by atoms with Gasteiger partial charge < -0.3 is 19.2 Å². The van der Waals surface area contributed by atoms with Gasteiger partial charge in [-0.05, 0) is 45.7 Å². The molecule has 7 heteroatoms. The van der Waals surface area contributed by atoms with Gasteiger partial charge in [-0.15, -0.1) is 0 Å². The maximum atomic E-state index is 13.0. The van der Waals surface area contributed by atoms with Gasteiger partial charge in [0, 0.05) is 30.1 Å². The molecular weight excluding hydrogens is 368 g/mol. The number of pyridine rings is 2. The minimum atomic E-state index is -0.268. The van der Waals surface area contributed by atoms with E-state index in [-0.39, 0.29) is 23.0 Å². The number of amides is 1. The van der Waals surface area contributed by atoms with Crippen LogP contribution in [0.3, 0.4) is 0 Å². The van der Waals surface area contributed by atoms with Crippen molar-refractivity contribution >= 4 is 17.4 Å². The molecule has 1 amide bonds. The molecule has 3 aromatic heterocycles. The number of carbonyl (C=O) groups excluding carboxylic acids is 1. The summed E-state index contributed by atoms with van der Waals surface area (Å²) in [5.41, 5.74) is 2.22. The lowest BCUT2D eigenvalue weighted by Gasteiger charge is -2.41. The average molecular weight is 392 g/mol. The van der Waals surface area contributed by atoms with Gasteiger partial charge in [0.25, 0.3) is 5.91 Å². The molecule has 0 spiro atoms. The van der Waals surface area contributed by atoms with Crippen molar-refractivity contribution in [1.82, 2.24) is 14.4 Å². The normalized spacial score (nSPS) is 25.2. The highest BCUT2D eigenvalue weighted by Crippen LogP contribution is 2.58. The molecule has 2 saturated heterocycles. The Morgan fingerprint density at radius 3 is 2.79 bits per heavy atom. The van der Waals surface area contributed by atoms with Crippen molar-refractivity contribution in [3.63, 3.8) is 0 Å². The fourth-order valence-electron chi connectivity index (χ4n) is 4.57. The minimum Gasteiger partial charge on any atom is -0.490 e. The summed E-state index contributed by atoms with van der Waals surface area (Å²) in [6, 6.07) is 7.22. The van der Waals surface area contributed by atoms with Crippen LogP contribution >= 0.6 is 0 Å². The molecule has 150 valence electrons. The SMILES string of the molecule is CC(C)Oc1cc2nc(C34COC(C)(C3)C4)cn2cc1C(=O)Nc1ccccn1. The molecule has 2 aliphatic heterocycles. The molecule has 1 aliphatic carbocycles. The van der Waals surface area contributed by atoms with Crippen molar-refractivity contribution in [1.29, 1.82) is 0 Å². The number of fused-ring (bicyclic) bond motifs is 2. The van der Waals surface area contributed by atoms with Gasteiger partial charge in [0.2, 0.25) is 0 Å². The second-order valence-electron chi connectivity index (χ2n) is 8.65. The fourth-order valence-corrected chi connectivity index (χ4v) is 4.57. The van der Waals surface area contributed by atoms with Gasteiger partial charge in [0.15, 0.2) is 0 Å². The Labute approximate surface area is 169 Å². The summed E-state index contributed by atoms with van der Waals surface area (Å²) in [6.07, 6.45) is 7.36.